The van der Waals surface area contributed by atoms with E-state index in [2.05, 4.69) is 10.1 Å². The summed E-state index contributed by atoms with van der Waals surface area (Å²) in [7, 11) is 1.88. The van der Waals surface area contributed by atoms with Crippen LogP contribution >= 0.6 is 0 Å². The Hall–Kier alpha value is -1.62. The van der Waals surface area contributed by atoms with Gasteiger partial charge < -0.3 is 9.67 Å². The van der Waals surface area contributed by atoms with Gasteiger partial charge in [-0.2, -0.15) is 5.10 Å². The Bertz CT molecular complexity index is 500. The number of aryl methyl sites for hydroxylation is 3. The van der Waals surface area contributed by atoms with Crippen LogP contribution in [0.4, 0.5) is 0 Å². The molecule has 0 amide bonds. The van der Waals surface area contributed by atoms with Gasteiger partial charge in [-0.05, 0) is 19.9 Å². The number of nitrogens with zero attached hydrogens (tertiary/aromatic N) is 4. The molecule has 0 radical (unpaired) electrons. The minimum absolute atomic E-state index is 0.538. The summed E-state index contributed by atoms with van der Waals surface area (Å²) in [5, 5.41) is 14.5. The molecular weight excluding hydrogens is 216 g/mol. The van der Waals surface area contributed by atoms with Gasteiger partial charge in [-0.15, -0.1) is 0 Å². The third-order valence-electron chi connectivity index (χ3n) is 2.88. The molecule has 0 saturated carbocycles. The van der Waals surface area contributed by atoms with E-state index in [0.717, 1.165) is 23.6 Å². The number of aliphatic hydroxyl groups is 1. The van der Waals surface area contributed by atoms with E-state index in [-0.39, 0.29) is 0 Å². The van der Waals surface area contributed by atoms with Gasteiger partial charge >= 0.3 is 0 Å². The van der Waals surface area contributed by atoms with Crippen LogP contribution in [0.5, 0.6) is 0 Å². The van der Waals surface area contributed by atoms with Crippen LogP contribution in [0.2, 0.25) is 0 Å². The molecule has 2 aromatic heterocycles. The predicted octanol–water partition coefficient (Wildman–Crippen LogP) is 1.22. The van der Waals surface area contributed by atoms with Crippen LogP contribution in [-0.4, -0.2) is 24.4 Å². The zero-order chi connectivity index (χ0) is 12.4. The third kappa shape index (κ3) is 2.39. The van der Waals surface area contributed by atoms with Gasteiger partial charge in [0.05, 0.1) is 23.9 Å². The van der Waals surface area contributed by atoms with Gasteiger partial charge in [0.25, 0.3) is 0 Å². The molecular formula is C12H18N4O. The lowest BCUT2D eigenvalue weighted by atomic mass is 10.1. The quantitative estimate of drug-likeness (QED) is 0.865. The van der Waals surface area contributed by atoms with Crippen molar-refractivity contribution in [2.75, 3.05) is 0 Å². The molecule has 17 heavy (non-hydrogen) atoms. The van der Waals surface area contributed by atoms with E-state index >= 15 is 0 Å². The van der Waals surface area contributed by atoms with E-state index in [4.69, 9.17) is 0 Å². The lowest BCUT2D eigenvalue weighted by Gasteiger charge is -2.11. The van der Waals surface area contributed by atoms with E-state index in [1.54, 1.807) is 12.5 Å². The van der Waals surface area contributed by atoms with Gasteiger partial charge in [-0.1, -0.05) is 0 Å². The largest absolute Gasteiger partial charge is 0.386 e. The highest BCUT2D eigenvalue weighted by molar-refractivity contribution is 5.13. The molecule has 0 bridgehead atoms. The highest BCUT2D eigenvalue weighted by atomic mass is 16.3. The van der Waals surface area contributed by atoms with Crippen molar-refractivity contribution in [3.63, 3.8) is 0 Å². The van der Waals surface area contributed by atoms with Crippen molar-refractivity contribution in [3.05, 3.63) is 35.7 Å². The molecule has 2 aromatic rings. The molecule has 0 aromatic carbocycles. The van der Waals surface area contributed by atoms with Crippen molar-refractivity contribution in [1.29, 1.82) is 0 Å². The minimum Gasteiger partial charge on any atom is -0.386 e. The summed E-state index contributed by atoms with van der Waals surface area (Å²) in [5.74, 6) is 0. The summed E-state index contributed by atoms with van der Waals surface area (Å²) < 4.78 is 3.76. The van der Waals surface area contributed by atoms with E-state index in [9.17, 15) is 5.11 Å². The molecule has 0 aliphatic heterocycles. The Kier molecular flexibility index (Phi) is 3.28. The highest BCUT2D eigenvalue weighted by Crippen LogP contribution is 2.18. The lowest BCUT2D eigenvalue weighted by Crippen LogP contribution is -2.10. The number of hydrogen-bond acceptors (Lipinski definition) is 3. The molecule has 0 fully saturated rings. The molecule has 1 atom stereocenters. The van der Waals surface area contributed by atoms with Crippen molar-refractivity contribution < 1.29 is 5.11 Å². The summed E-state index contributed by atoms with van der Waals surface area (Å²) in [4.78, 5) is 4.01. The molecule has 2 rings (SSSR count). The number of aliphatic hydroxyl groups excluding tert-OH is 1. The van der Waals surface area contributed by atoms with Crippen LogP contribution in [0.25, 0.3) is 0 Å². The van der Waals surface area contributed by atoms with Crippen molar-refractivity contribution in [3.8, 4) is 0 Å². The molecule has 0 saturated heterocycles. The summed E-state index contributed by atoms with van der Waals surface area (Å²) in [5.41, 5.74) is 2.87. The van der Waals surface area contributed by atoms with E-state index in [0.29, 0.717) is 6.42 Å². The molecule has 5 heteroatoms. The molecule has 2 heterocycles. The number of aromatic nitrogens is 4. The molecule has 1 N–H and O–H groups in total. The van der Waals surface area contributed by atoms with Gasteiger partial charge in [-0.25, -0.2) is 4.98 Å². The van der Waals surface area contributed by atoms with Gasteiger partial charge in [0.2, 0.25) is 0 Å². The second-order valence-electron chi connectivity index (χ2n) is 4.24. The second kappa shape index (κ2) is 4.71. The number of imidazole rings is 1. The summed E-state index contributed by atoms with van der Waals surface area (Å²) >= 11 is 0. The summed E-state index contributed by atoms with van der Waals surface area (Å²) in [6, 6.07) is 2.02. The van der Waals surface area contributed by atoms with Gasteiger partial charge in [-0.3, -0.25) is 4.68 Å². The predicted molar refractivity (Wildman–Crippen MR) is 64.5 cm³/mol. The van der Waals surface area contributed by atoms with Crippen molar-refractivity contribution in [2.45, 2.75) is 32.9 Å². The average molecular weight is 234 g/mol. The van der Waals surface area contributed by atoms with Crippen LogP contribution in [-0.2, 0) is 20.0 Å². The van der Waals surface area contributed by atoms with Crippen LogP contribution in [0, 0.1) is 6.92 Å². The highest BCUT2D eigenvalue weighted by Gasteiger charge is 2.15. The Balaban J connectivity index is 2.18. The first kappa shape index (κ1) is 11.9. The first-order valence-electron chi connectivity index (χ1n) is 5.79. The fraction of sp³-hybridized carbons (Fsp3) is 0.500. The standard InChI is InChI=1S/C12H18N4O/c1-4-16-10(5-9(2)14-16)6-12(17)11-7-13-8-15(11)3/h5,7-8,12,17H,4,6H2,1-3H3. The van der Waals surface area contributed by atoms with E-state index < -0.39 is 6.10 Å². The summed E-state index contributed by atoms with van der Waals surface area (Å²) in [6.07, 6.45) is 3.42. The maximum Gasteiger partial charge on any atom is 0.101 e. The molecule has 5 nitrogen and oxygen atoms in total. The van der Waals surface area contributed by atoms with Crippen LogP contribution in [0.15, 0.2) is 18.6 Å². The maximum atomic E-state index is 10.2. The first-order valence-corrected chi connectivity index (χ1v) is 5.79. The smallest absolute Gasteiger partial charge is 0.101 e. The third-order valence-corrected chi connectivity index (χ3v) is 2.88. The average Bonchev–Trinajstić information content (AvgIpc) is 2.84. The number of hydrogen-bond donors (Lipinski definition) is 1. The Morgan fingerprint density at radius 2 is 2.24 bits per heavy atom. The van der Waals surface area contributed by atoms with Crippen molar-refractivity contribution in [2.24, 2.45) is 7.05 Å². The van der Waals surface area contributed by atoms with Crippen LogP contribution < -0.4 is 0 Å². The molecule has 1 unspecified atom stereocenters. The SMILES string of the molecule is CCn1nc(C)cc1CC(O)c1cncn1C. The zero-order valence-corrected chi connectivity index (χ0v) is 10.5. The first-order chi connectivity index (χ1) is 8.11. The Morgan fingerprint density at radius 1 is 1.47 bits per heavy atom. The lowest BCUT2D eigenvalue weighted by molar-refractivity contribution is 0.167. The van der Waals surface area contributed by atoms with Gasteiger partial charge in [0, 0.05) is 25.7 Å². The fourth-order valence-corrected chi connectivity index (χ4v) is 2.03. The Morgan fingerprint density at radius 3 is 2.82 bits per heavy atom. The van der Waals surface area contributed by atoms with Crippen molar-refractivity contribution >= 4 is 0 Å². The topological polar surface area (TPSA) is 55.9 Å². The second-order valence-corrected chi connectivity index (χ2v) is 4.24. The molecule has 0 aliphatic rings. The van der Waals surface area contributed by atoms with Gasteiger partial charge in [0.1, 0.15) is 6.10 Å². The fourth-order valence-electron chi connectivity index (χ4n) is 2.03. The Labute approximate surface area is 101 Å². The molecule has 0 spiro atoms. The molecule has 92 valence electrons. The van der Waals surface area contributed by atoms with E-state index in [1.807, 2.05) is 36.2 Å². The zero-order valence-electron chi connectivity index (χ0n) is 10.5. The maximum absolute atomic E-state index is 10.2. The van der Waals surface area contributed by atoms with Crippen LogP contribution in [0.3, 0.4) is 0 Å². The molecule has 0 aliphatic carbocycles. The minimum atomic E-state index is -0.538. The monoisotopic (exact) mass is 234 g/mol. The number of rotatable bonds is 4. The van der Waals surface area contributed by atoms with Crippen LogP contribution in [0.1, 0.15) is 30.1 Å². The normalized spacial score (nSPS) is 12.9. The van der Waals surface area contributed by atoms with Gasteiger partial charge in [0.15, 0.2) is 0 Å². The summed E-state index contributed by atoms with van der Waals surface area (Å²) in [6.45, 7) is 4.83. The van der Waals surface area contributed by atoms with E-state index in [1.165, 1.54) is 0 Å². The van der Waals surface area contributed by atoms with Crippen molar-refractivity contribution in [1.82, 2.24) is 19.3 Å².